The molecule has 1 atom stereocenters. The molecule has 0 saturated carbocycles. The Morgan fingerprint density at radius 1 is 1.50 bits per heavy atom. The molecule has 0 aliphatic carbocycles. The van der Waals surface area contributed by atoms with E-state index in [1.54, 1.807) is 0 Å². The minimum absolute atomic E-state index is 0.0412. The van der Waals surface area contributed by atoms with Gasteiger partial charge in [0.25, 0.3) is 0 Å². The van der Waals surface area contributed by atoms with Gasteiger partial charge in [-0.2, -0.15) is 0 Å². The predicted octanol–water partition coefficient (Wildman–Crippen LogP) is 1.70. The molecule has 0 bridgehead atoms. The topological polar surface area (TPSA) is 48.0 Å². The van der Waals surface area contributed by atoms with Crippen molar-refractivity contribution in [3.8, 4) is 5.75 Å². The van der Waals surface area contributed by atoms with E-state index >= 15 is 0 Å². The summed E-state index contributed by atoms with van der Waals surface area (Å²) in [5.74, 6) is 0.568. The van der Waals surface area contributed by atoms with Gasteiger partial charge in [0.2, 0.25) is 0 Å². The van der Waals surface area contributed by atoms with Crippen molar-refractivity contribution in [1.29, 1.82) is 0 Å². The van der Waals surface area contributed by atoms with Gasteiger partial charge >= 0.3 is 5.97 Å². The molecule has 1 unspecified atom stereocenters. The van der Waals surface area contributed by atoms with Gasteiger partial charge in [-0.15, -0.1) is 0 Å². The molecule has 1 saturated heterocycles. The third-order valence-electron chi connectivity index (χ3n) is 3.06. The highest BCUT2D eigenvalue weighted by Gasteiger charge is 2.23. The Hall–Kier alpha value is -1.11. The zero-order valence-corrected chi connectivity index (χ0v) is 13.0. The number of morpholine rings is 1. The van der Waals surface area contributed by atoms with Gasteiger partial charge in [-0.3, -0.25) is 9.69 Å². The van der Waals surface area contributed by atoms with Crippen LogP contribution >= 0.6 is 15.9 Å². The molecular weight excluding hydrogens is 326 g/mol. The van der Waals surface area contributed by atoms with Crippen LogP contribution in [-0.4, -0.2) is 56.9 Å². The minimum Gasteiger partial charge on any atom is -0.490 e. The van der Waals surface area contributed by atoms with E-state index in [1.807, 2.05) is 29.2 Å². The first-order chi connectivity index (χ1) is 9.69. The lowest BCUT2D eigenvalue weighted by Crippen LogP contribution is -2.46. The zero-order chi connectivity index (χ0) is 14.4. The summed E-state index contributed by atoms with van der Waals surface area (Å²) in [7, 11) is 1.40. The monoisotopic (exact) mass is 343 g/mol. The molecule has 6 heteroatoms. The van der Waals surface area contributed by atoms with Gasteiger partial charge in [0.15, 0.2) is 0 Å². The van der Waals surface area contributed by atoms with E-state index in [0.717, 1.165) is 16.8 Å². The van der Waals surface area contributed by atoms with E-state index in [9.17, 15) is 4.79 Å². The van der Waals surface area contributed by atoms with Gasteiger partial charge in [-0.05, 0) is 28.1 Å². The number of hydrogen-bond donors (Lipinski definition) is 0. The van der Waals surface area contributed by atoms with Crippen LogP contribution in [0.2, 0.25) is 0 Å². The van der Waals surface area contributed by atoms with Crippen molar-refractivity contribution in [2.24, 2.45) is 0 Å². The number of rotatable bonds is 5. The zero-order valence-electron chi connectivity index (χ0n) is 11.4. The molecule has 2 rings (SSSR count). The number of carbonyl (C=O) groups excluding carboxylic acids is 1. The second kappa shape index (κ2) is 7.61. The van der Waals surface area contributed by atoms with Crippen molar-refractivity contribution < 1.29 is 19.0 Å². The van der Waals surface area contributed by atoms with Crippen molar-refractivity contribution in [3.05, 3.63) is 28.7 Å². The average molecular weight is 344 g/mol. The molecule has 5 nitrogen and oxygen atoms in total. The molecule has 0 radical (unpaired) electrons. The van der Waals surface area contributed by atoms with Crippen LogP contribution in [0.15, 0.2) is 28.7 Å². The molecular formula is C14H18BrNO4. The molecule has 1 aliphatic heterocycles. The molecule has 1 aliphatic rings. The maximum atomic E-state index is 11.3. The number of para-hydroxylation sites is 1. The second-order valence-corrected chi connectivity index (χ2v) is 5.40. The number of carbonyl (C=O) groups is 1. The van der Waals surface area contributed by atoms with Crippen LogP contribution in [0.5, 0.6) is 5.75 Å². The number of ether oxygens (including phenoxy) is 3. The van der Waals surface area contributed by atoms with Gasteiger partial charge in [0, 0.05) is 13.1 Å². The molecule has 0 N–H and O–H groups in total. The molecule has 0 spiro atoms. The highest BCUT2D eigenvalue weighted by atomic mass is 79.9. The molecule has 110 valence electrons. The van der Waals surface area contributed by atoms with E-state index in [4.69, 9.17) is 9.47 Å². The number of benzene rings is 1. The first-order valence-corrected chi connectivity index (χ1v) is 7.26. The summed E-state index contributed by atoms with van der Waals surface area (Å²) in [6.45, 7) is 2.76. The summed E-state index contributed by atoms with van der Waals surface area (Å²) in [6.07, 6.45) is -0.0412. The van der Waals surface area contributed by atoms with Crippen LogP contribution in [-0.2, 0) is 14.3 Å². The van der Waals surface area contributed by atoms with Crippen LogP contribution in [0, 0.1) is 0 Å². The lowest BCUT2D eigenvalue weighted by molar-refractivity contribution is -0.144. The van der Waals surface area contributed by atoms with E-state index < -0.39 is 0 Å². The molecule has 20 heavy (non-hydrogen) atoms. The average Bonchev–Trinajstić information content (AvgIpc) is 2.47. The van der Waals surface area contributed by atoms with Gasteiger partial charge in [0.05, 0.1) is 24.7 Å². The third kappa shape index (κ3) is 4.47. The van der Waals surface area contributed by atoms with Crippen molar-refractivity contribution >= 4 is 21.9 Å². The Morgan fingerprint density at radius 3 is 3.05 bits per heavy atom. The number of esters is 1. The van der Waals surface area contributed by atoms with Crippen molar-refractivity contribution in [3.63, 3.8) is 0 Å². The lowest BCUT2D eigenvalue weighted by Gasteiger charge is -2.31. The van der Waals surface area contributed by atoms with E-state index in [1.165, 1.54) is 7.11 Å². The number of halogens is 1. The first-order valence-electron chi connectivity index (χ1n) is 6.47. The van der Waals surface area contributed by atoms with Crippen LogP contribution in [0.4, 0.5) is 0 Å². The Balaban J connectivity index is 1.81. The van der Waals surface area contributed by atoms with Gasteiger partial charge in [-0.25, -0.2) is 0 Å². The van der Waals surface area contributed by atoms with E-state index in [2.05, 4.69) is 20.7 Å². The molecule has 1 aromatic carbocycles. The lowest BCUT2D eigenvalue weighted by atomic mass is 10.3. The van der Waals surface area contributed by atoms with Crippen molar-refractivity contribution in [1.82, 2.24) is 4.90 Å². The SMILES string of the molecule is COC(=O)CN1CCOC(COc2ccccc2Br)C1. The quantitative estimate of drug-likeness (QED) is 0.761. The highest BCUT2D eigenvalue weighted by molar-refractivity contribution is 9.10. The Kier molecular flexibility index (Phi) is 5.82. The Bertz CT molecular complexity index is 455. The summed E-state index contributed by atoms with van der Waals surface area (Å²) in [6, 6.07) is 7.69. The molecule has 1 heterocycles. The van der Waals surface area contributed by atoms with E-state index in [-0.39, 0.29) is 12.1 Å². The minimum atomic E-state index is -0.225. The van der Waals surface area contributed by atoms with Crippen LogP contribution in [0.25, 0.3) is 0 Å². The number of methoxy groups -OCH3 is 1. The highest BCUT2D eigenvalue weighted by Crippen LogP contribution is 2.24. The van der Waals surface area contributed by atoms with E-state index in [0.29, 0.717) is 26.3 Å². The van der Waals surface area contributed by atoms with Crippen molar-refractivity contribution in [2.75, 3.05) is 40.0 Å². The molecule has 0 amide bonds. The van der Waals surface area contributed by atoms with Crippen LogP contribution in [0.3, 0.4) is 0 Å². The summed E-state index contributed by atoms with van der Waals surface area (Å²) in [5, 5.41) is 0. The smallest absolute Gasteiger partial charge is 0.319 e. The van der Waals surface area contributed by atoms with Crippen LogP contribution in [0.1, 0.15) is 0 Å². The summed E-state index contributed by atoms with van der Waals surface area (Å²) >= 11 is 3.44. The maximum Gasteiger partial charge on any atom is 0.319 e. The third-order valence-corrected chi connectivity index (χ3v) is 3.72. The maximum absolute atomic E-state index is 11.3. The summed E-state index contributed by atoms with van der Waals surface area (Å²) in [5.41, 5.74) is 0. The fourth-order valence-electron chi connectivity index (χ4n) is 2.02. The molecule has 1 fully saturated rings. The Labute approximate surface area is 126 Å². The molecule has 0 aromatic heterocycles. The fourth-order valence-corrected chi connectivity index (χ4v) is 2.42. The van der Waals surface area contributed by atoms with Crippen molar-refractivity contribution in [2.45, 2.75) is 6.10 Å². The largest absolute Gasteiger partial charge is 0.490 e. The number of nitrogens with zero attached hydrogens (tertiary/aromatic N) is 1. The predicted molar refractivity (Wildman–Crippen MR) is 77.8 cm³/mol. The normalized spacial score (nSPS) is 19.6. The van der Waals surface area contributed by atoms with Gasteiger partial charge < -0.3 is 14.2 Å². The first kappa shape index (κ1) is 15.3. The van der Waals surface area contributed by atoms with Gasteiger partial charge in [-0.1, -0.05) is 12.1 Å². The molecule has 1 aromatic rings. The van der Waals surface area contributed by atoms with Gasteiger partial charge in [0.1, 0.15) is 18.5 Å². The summed E-state index contributed by atoms with van der Waals surface area (Å²) < 4.78 is 17.0. The fraction of sp³-hybridized carbons (Fsp3) is 0.500. The standard InChI is InChI=1S/C14H18BrNO4/c1-18-14(17)9-16-6-7-19-11(8-16)10-20-13-5-3-2-4-12(13)15/h2-5,11H,6-10H2,1H3. The number of hydrogen-bond acceptors (Lipinski definition) is 5. The second-order valence-electron chi connectivity index (χ2n) is 4.55. The van der Waals surface area contributed by atoms with Crippen LogP contribution < -0.4 is 4.74 Å². The summed E-state index contributed by atoms with van der Waals surface area (Å²) in [4.78, 5) is 13.3. The Morgan fingerprint density at radius 2 is 2.30 bits per heavy atom.